The Morgan fingerprint density at radius 1 is 0.720 bits per heavy atom. The van der Waals surface area contributed by atoms with Gasteiger partial charge in [-0.25, -0.2) is 0 Å². The van der Waals surface area contributed by atoms with Crippen molar-refractivity contribution in [3.63, 3.8) is 0 Å². The molecule has 0 radical (unpaired) electrons. The minimum absolute atomic E-state index is 0.848. The van der Waals surface area contributed by atoms with Crippen LogP contribution in [0.4, 0.5) is 0 Å². The van der Waals surface area contributed by atoms with Crippen LogP contribution in [0.2, 0.25) is 0 Å². The predicted molar refractivity (Wildman–Crippen MR) is 110 cm³/mol. The molecule has 0 fully saturated rings. The van der Waals surface area contributed by atoms with Crippen molar-refractivity contribution in [3.05, 3.63) is 29.8 Å². The first kappa shape index (κ1) is 22.0. The predicted octanol–water partition coefficient (Wildman–Crippen LogP) is 6.88. The molecule has 0 aromatic heterocycles. The molecule has 0 amide bonds. The van der Waals surface area contributed by atoms with Gasteiger partial charge in [-0.15, -0.1) is 0 Å². The molecule has 2 nitrogen and oxygen atoms in total. The van der Waals surface area contributed by atoms with E-state index in [1.165, 1.54) is 82.6 Å². The first-order valence-corrected chi connectivity index (χ1v) is 10.8. The zero-order valence-corrected chi connectivity index (χ0v) is 16.8. The van der Waals surface area contributed by atoms with Gasteiger partial charge in [0.15, 0.2) is 0 Å². The summed E-state index contributed by atoms with van der Waals surface area (Å²) in [5.41, 5.74) is 1.29. The van der Waals surface area contributed by atoms with Crippen molar-refractivity contribution in [2.45, 2.75) is 97.4 Å². The SMILES string of the molecule is CCCCCCCCNCc1ccccc1OCCCCCCCC. The van der Waals surface area contributed by atoms with Gasteiger partial charge in [-0.1, -0.05) is 96.3 Å². The summed E-state index contributed by atoms with van der Waals surface area (Å²) in [6.07, 6.45) is 16.0. The van der Waals surface area contributed by atoms with Crippen molar-refractivity contribution in [1.82, 2.24) is 5.32 Å². The van der Waals surface area contributed by atoms with E-state index in [9.17, 15) is 0 Å². The molecule has 0 aliphatic carbocycles. The Labute approximate surface area is 156 Å². The Morgan fingerprint density at radius 2 is 1.32 bits per heavy atom. The highest BCUT2D eigenvalue weighted by Crippen LogP contribution is 2.18. The van der Waals surface area contributed by atoms with Crippen LogP contribution >= 0.6 is 0 Å². The smallest absolute Gasteiger partial charge is 0.123 e. The fourth-order valence-electron chi connectivity index (χ4n) is 3.11. The summed E-state index contributed by atoms with van der Waals surface area (Å²) < 4.78 is 6.03. The van der Waals surface area contributed by atoms with Crippen LogP contribution in [-0.4, -0.2) is 13.2 Å². The quantitative estimate of drug-likeness (QED) is 0.310. The molecule has 25 heavy (non-hydrogen) atoms. The van der Waals surface area contributed by atoms with Crippen LogP contribution < -0.4 is 10.1 Å². The molecular formula is C23H41NO. The van der Waals surface area contributed by atoms with Gasteiger partial charge in [0.1, 0.15) is 5.75 Å². The Balaban J connectivity index is 2.12. The minimum Gasteiger partial charge on any atom is -0.493 e. The van der Waals surface area contributed by atoms with Gasteiger partial charge in [0.25, 0.3) is 0 Å². The minimum atomic E-state index is 0.848. The molecule has 1 rings (SSSR count). The molecule has 1 aromatic rings. The Bertz CT molecular complexity index is 405. The molecule has 0 saturated carbocycles. The molecule has 0 saturated heterocycles. The molecule has 0 unspecified atom stereocenters. The highest BCUT2D eigenvalue weighted by Gasteiger charge is 2.02. The van der Waals surface area contributed by atoms with Crippen molar-refractivity contribution in [2.24, 2.45) is 0 Å². The van der Waals surface area contributed by atoms with Crippen molar-refractivity contribution in [2.75, 3.05) is 13.2 Å². The van der Waals surface area contributed by atoms with Crippen molar-refractivity contribution >= 4 is 0 Å². The normalized spacial score (nSPS) is 11.0. The third kappa shape index (κ3) is 12.0. The fraction of sp³-hybridized carbons (Fsp3) is 0.739. The van der Waals surface area contributed by atoms with E-state index < -0.39 is 0 Å². The van der Waals surface area contributed by atoms with E-state index in [1.807, 2.05) is 0 Å². The molecule has 1 N–H and O–H groups in total. The number of nitrogens with one attached hydrogen (secondary N) is 1. The third-order valence-electron chi connectivity index (χ3n) is 4.75. The average molecular weight is 348 g/mol. The molecule has 0 atom stereocenters. The van der Waals surface area contributed by atoms with Gasteiger partial charge in [-0.05, 0) is 25.5 Å². The summed E-state index contributed by atoms with van der Waals surface area (Å²) in [5, 5.41) is 3.58. The number of hydrogen-bond donors (Lipinski definition) is 1. The topological polar surface area (TPSA) is 21.3 Å². The van der Waals surface area contributed by atoms with E-state index in [-0.39, 0.29) is 0 Å². The molecular weight excluding hydrogens is 306 g/mol. The van der Waals surface area contributed by atoms with E-state index in [4.69, 9.17) is 4.74 Å². The summed E-state index contributed by atoms with van der Waals surface area (Å²) in [5.74, 6) is 1.06. The van der Waals surface area contributed by atoms with Crippen molar-refractivity contribution in [3.8, 4) is 5.75 Å². The molecule has 0 bridgehead atoms. The highest BCUT2D eigenvalue weighted by molar-refractivity contribution is 5.33. The summed E-state index contributed by atoms with van der Waals surface area (Å²) in [4.78, 5) is 0. The summed E-state index contributed by atoms with van der Waals surface area (Å²) in [7, 11) is 0. The maximum atomic E-state index is 6.03. The zero-order valence-electron chi connectivity index (χ0n) is 16.8. The molecule has 2 heteroatoms. The average Bonchev–Trinajstić information content (AvgIpc) is 2.64. The van der Waals surface area contributed by atoms with E-state index in [1.54, 1.807) is 0 Å². The number of unbranched alkanes of at least 4 members (excludes halogenated alkanes) is 10. The van der Waals surface area contributed by atoms with Gasteiger partial charge in [-0.2, -0.15) is 0 Å². The van der Waals surface area contributed by atoms with Crippen molar-refractivity contribution in [1.29, 1.82) is 0 Å². The van der Waals surface area contributed by atoms with Crippen LogP contribution in [0.3, 0.4) is 0 Å². The summed E-state index contributed by atoms with van der Waals surface area (Å²) >= 11 is 0. The lowest BCUT2D eigenvalue weighted by atomic mass is 10.1. The van der Waals surface area contributed by atoms with Gasteiger partial charge in [0, 0.05) is 12.1 Å². The standard InChI is InChI=1S/C23H41NO/c1-3-5-7-9-11-15-19-24-21-22-17-13-14-18-23(22)25-20-16-12-10-8-6-4-2/h13-14,17-18,24H,3-12,15-16,19-21H2,1-2H3. The second kappa shape index (κ2) is 16.4. The lowest BCUT2D eigenvalue weighted by molar-refractivity contribution is 0.300. The zero-order chi connectivity index (χ0) is 18.0. The largest absolute Gasteiger partial charge is 0.493 e. The lowest BCUT2D eigenvalue weighted by Gasteiger charge is -2.12. The van der Waals surface area contributed by atoms with E-state index in [0.717, 1.165) is 25.4 Å². The van der Waals surface area contributed by atoms with Crippen LogP contribution in [0.1, 0.15) is 96.5 Å². The Hall–Kier alpha value is -1.02. The van der Waals surface area contributed by atoms with Gasteiger partial charge < -0.3 is 10.1 Å². The van der Waals surface area contributed by atoms with Crippen LogP contribution in [0.15, 0.2) is 24.3 Å². The van der Waals surface area contributed by atoms with Gasteiger partial charge in [-0.3, -0.25) is 0 Å². The number of benzene rings is 1. The maximum Gasteiger partial charge on any atom is 0.123 e. The second-order valence-electron chi connectivity index (χ2n) is 7.17. The lowest BCUT2D eigenvalue weighted by Crippen LogP contribution is -2.15. The van der Waals surface area contributed by atoms with Crippen LogP contribution in [0.25, 0.3) is 0 Å². The Kier molecular flexibility index (Phi) is 14.5. The molecule has 0 spiro atoms. The van der Waals surface area contributed by atoms with Gasteiger partial charge in [0.05, 0.1) is 6.61 Å². The molecule has 0 aliphatic rings. The van der Waals surface area contributed by atoms with Gasteiger partial charge in [0.2, 0.25) is 0 Å². The van der Waals surface area contributed by atoms with Crippen molar-refractivity contribution < 1.29 is 4.74 Å². The Morgan fingerprint density at radius 3 is 2.04 bits per heavy atom. The monoisotopic (exact) mass is 347 g/mol. The number of ether oxygens (including phenoxy) is 1. The molecule has 0 heterocycles. The number of rotatable bonds is 17. The number of hydrogen-bond acceptors (Lipinski definition) is 2. The summed E-state index contributed by atoms with van der Waals surface area (Å²) in [6, 6.07) is 8.48. The van der Waals surface area contributed by atoms with E-state index >= 15 is 0 Å². The van der Waals surface area contributed by atoms with E-state index in [2.05, 4.69) is 43.4 Å². The van der Waals surface area contributed by atoms with E-state index in [0.29, 0.717) is 0 Å². The third-order valence-corrected chi connectivity index (χ3v) is 4.75. The first-order valence-electron chi connectivity index (χ1n) is 10.8. The van der Waals surface area contributed by atoms with Gasteiger partial charge >= 0.3 is 0 Å². The van der Waals surface area contributed by atoms with Crippen LogP contribution in [-0.2, 0) is 6.54 Å². The fourth-order valence-corrected chi connectivity index (χ4v) is 3.11. The summed E-state index contributed by atoms with van der Waals surface area (Å²) in [6.45, 7) is 7.41. The molecule has 1 aromatic carbocycles. The first-order chi connectivity index (χ1) is 12.4. The second-order valence-corrected chi connectivity index (χ2v) is 7.17. The van der Waals surface area contributed by atoms with Crippen LogP contribution in [0.5, 0.6) is 5.75 Å². The molecule has 144 valence electrons. The van der Waals surface area contributed by atoms with Crippen LogP contribution in [0, 0.1) is 0 Å². The highest BCUT2D eigenvalue weighted by atomic mass is 16.5. The number of para-hydroxylation sites is 1. The maximum absolute atomic E-state index is 6.03. The molecule has 0 aliphatic heterocycles.